The number of carbonyl (C=O) groups is 2. The van der Waals surface area contributed by atoms with Crippen LogP contribution in [0.3, 0.4) is 0 Å². The third-order valence-corrected chi connectivity index (χ3v) is 5.00. The van der Waals surface area contributed by atoms with Crippen molar-refractivity contribution in [1.29, 1.82) is 0 Å². The molecular weight excluding hydrogens is 393 g/mol. The van der Waals surface area contributed by atoms with Gasteiger partial charge in [0.2, 0.25) is 5.89 Å². The van der Waals surface area contributed by atoms with Crippen molar-refractivity contribution >= 4 is 35.2 Å². The number of benzene rings is 1. The van der Waals surface area contributed by atoms with Crippen LogP contribution in [0.2, 0.25) is 10.0 Å². The van der Waals surface area contributed by atoms with Crippen LogP contribution in [-0.2, 0) is 4.74 Å². The van der Waals surface area contributed by atoms with Crippen molar-refractivity contribution in [3.05, 3.63) is 40.2 Å². The largest absolute Gasteiger partial charge is 0.450 e. The number of likely N-dealkylation sites (tertiary alicyclic amines) is 1. The van der Waals surface area contributed by atoms with Crippen molar-refractivity contribution in [2.75, 3.05) is 19.7 Å². The molecule has 0 bridgehead atoms. The zero-order chi connectivity index (χ0) is 19.4. The quantitative estimate of drug-likeness (QED) is 0.821. The first-order valence-corrected chi connectivity index (χ1v) is 9.37. The number of halogens is 2. The lowest BCUT2D eigenvalue weighted by Gasteiger charge is -2.31. The maximum Gasteiger partial charge on any atom is 0.409 e. The van der Waals surface area contributed by atoms with E-state index in [1.807, 2.05) is 0 Å². The van der Waals surface area contributed by atoms with Crippen molar-refractivity contribution in [2.24, 2.45) is 0 Å². The highest BCUT2D eigenvalue weighted by atomic mass is 35.5. The summed E-state index contributed by atoms with van der Waals surface area (Å²) < 4.78 is 10.4. The fourth-order valence-electron chi connectivity index (χ4n) is 2.82. The van der Waals surface area contributed by atoms with Crippen LogP contribution in [0.5, 0.6) is 0 Å². The van der Waals surface area contributed by atoms with Crippen molar-refractivity contribution in [1.82, 2.24) is 15.2 Å². The van der Waals surface area contributed by atoms with Gasteiger partial charge in [0.1, 0.15) is 6.26 Å². The fraction of sp³-hybridized carbons (Fsp3) is 0.389. The summed E-state index contributed by atoms with van der Waals surface area (Å²) in [5.74, 6) is -0.0320. The summed E-state index contributed by atoms with van der Waals surface area (Å²) in [5, 5.41) is 3.74. The van der Waals surface area contributed by atoms with E-state index < -0.39 is 0 Å². The molecule has 0 aliphatic carbocycles. The summed E-state index contributed by atoms with van der Waals surface area (Å²) in [6.07, 6.45) is 2.30. The SMILES string of the molecule is CCOC(=O)N1CCC(NC(=O)c2coc(-c3ccc(Cl)c(Cl)c3)n2)CC1. The number of nitrogens with zero attached hydrogens (tertiary/aromatic N) is 2. The second kappa shape index (κ2) is 8.63. The Bertz CT molecular complexity index is 832. The topological polar surface area (TPSA) is 84.7 Å². The Morgan fingerprint density at radius 2 is 2.04 bits per heavy atom. The predicted molar refractivity (Wildman–Crippen MR) is 101 cm³/mol. The average molecular weight is 412 g/mol. The monoisotopic (exact) mass is 411 g/mol. The van der Waals surface area contributed by atoms with Crippen LogP contribution in [0.15, 0.2) is 28.9 Å². The van der Waals surface area contributed by atoms with Gasteiger partial charge >= 0.3 is 6.09 Å². The molecule has 144 valence electrons. The molecule has 0 unspecified atom stereocenters. The molecule has 1 aliphatic rings. The molecule has 2 amide bonds. The first-order chi connectivity index (χ1) is 13.0. The van der Waals surface area contributed by atoms with Gasteiger partial charge in [0.25, 0.3) is 5.91 Å². The smallest absolute Gasteiger partial charge is 0.409 e. The molecule has 1 N–H and O–H groups in total. The highest BCUT2D eigenvalue weighted by Crippen LogP contribution is 2.28. The molecule has 0 radical (unpaired) electrons. The molecule has 9 heteroatoms. The number of amides is 2. The van der Waals surface area contributed by atoms with Crippen molar-refractivity contribution < 1.29 is 18.7 Å². The predicted octanol–water partition coefficient (Wildman–Crippen LogP) is 4.00. The summed E-state index contributed by atoms with van der Waals surface area (Å²) in [7, 11) is 0. The molecule has 0 spiro atoms. The van der Waals surface area contributed by atoms with Crippen molar-refractivity contribution in [2.45, 2.75) is 25.8 Å². The Balaban J connectivity index is 1.57. The van der Waals surface area contributed by atoms with Crippen LogP contribution in [-0.4, -0.2) is 47.6 Å². The van der Waals surface area contributed by atoms with Crippen LogP contribution >= 0.6 is 23.2 Å². The van der Waals surface area contributed by atoms with Crippen LogP contribution in [0, 0.1) is 0 Å². The van der Waals surface area contributed by atoms with E-state index in [9.17, 15) is 9.59 Å². The standard InChI is InChI=1S/C18H19Cl2N3O4/c1-2-26-18(25)23-7-5-12(6-8-23)21-16(24)15-10-27-17(22-15)11-3-4-13(19)14(20)9-11/h3-4,9-10,12H,2,5-8H2,1H3,(H,21,24). The third kappa shape index (κ3) is 4.73. The Morgan fingerprint density at radius 1 is 1.30 bits per heavy atom. The summed E-state index contributed by atoms with van der Waals surface area (Å²) in [4.78, 5) is 30.0. The number of rotatable bonds is 4. The minimum atomic E-state index is -0.320. The molecule has 1 aromatic carbocycles. The number of hydrogen-bond donors (Lipinski definition) is 1. The van der Waals surface area contributed by atoms with Crippen LogP contribution in [0.25, 0.3) is 11.5 Å². The molecule has 3 rings (SSSR count). The van der Waals surface area contributed by atoms with Gasteiger partial charge in [-0.2, -0.15) is 0 Å². The first kappa shape index (κ1) is 19.5. The molecule has 1 aromatic heterocycles. The van der Waals surface area contributed by atoms with Gasteiger partial charge in [-0.05, 0) is 38.0 Å². The van der Waals surface area contributed by atoms with E-state index in [-0.39, 0.29) is 29.6 Å². The normalized spacial score (nSPS) is 14.9. The number of nitrogens with one attached hydrogen (secondary N) is 1. The Kier molecular flexibility index (Phi) is 6.23. The van der Waals surface area contributed by atoms with Gasteiger partial charge in [0.15, 0.2) is 5.69 Å². The molecule has 2 heterocycles. The van der Waals surface area contributed by atoms with E-state index in [0.717, 1.165) is 0 Å². The van der Waals surface area contributed by atoms with Gasteiger partial charge in [-0.25, -0.2) is 9.78 Å². The maximum atomic E-state index is 12.4. The Hall–Kier alpha value is -2.25. The number of aromatic nitrogens is 1. The number of oxazole rings is 1. The minimum Gasteiger partial charge on any atom is -0.450 e. The van der Waals surface area contributed by atoms with E-state index in [4.69, 9.17) is 32.4 Å². The molecule has 0 saturated carbocycles. The number of carbonyl (C=O) groups excluding carboxylic acids is 2. The number of hydrogen-bond acceptors (Lipinski definition) is 5. The highest BCUT2D eigenvalue weighted by Gasteiger charge is 2.25. The van der Waals surface area contributed by atoms with E-state index in [0.29, 0.717) is 48.1 Å². The first-order valence-electron chi connectivity index (χ1n) is 8.61. The van der Waals surface area contributed by atoms with Gasteiger partial charge in [0, 0.05) is 24.7 Å². The maximum absolute atomic E-state index is 12.4. The second-order valence-electron chi connectivity index (χ2n) is 6.10. The molecule has 27 heavy (non-hydrogen) atoms. The summed E-state index contributed by atoms with van der Waals surface area (Å²) in [5.41, 5.74) is 0.815. The highest BCUT2D eigenvalue weighted by molar-refractivity contribution is 6.42. The van der Waals surface area contributed by atoms with E-state index in [1.165, 1.54) is 6.26 Å². The number of ether oxygens (including phenoxy) is 1. The fourth-order valence-corrected chi connectivity index (χ4v) is 3.12. The van der Waals surface area contributed by atoms with Crippen molar-refractivity contribution in [3.8, 4) is 11.5 Å². The summed E-state index contributed by atoms with van der Waals surface area (Å²) in [6, 6.07) is 4.95. The minimum absolute atomic E-state index is 0.0340. The van der Waals surface area contributed by atoms with E-state index in [1.54, 1.807) is 30.0 Å². The van der Waals surface area contributed by atoms with Gasteiger partial charge in [0.05, 0.1) is 16.7 Å². The third-order valence-electron chi connectivity index (χ3n) is 4.26. The van der Waals surface area contributed by atoms with E-state index >= 15 is 0 Å². The van der Waals surface area contributed by atoms with Gasteiger partial charge in [-0.3, -0.25) is 4.79 Å². The lowest BCUT2D eigenvalue weighted by atomic mass is 10.1. The lowest BCUT2D eigenvalue weighted by molar-refractivity contribution is 0.0856. The zero-order valence-corrected chi connectivity index (χ0v) is 16.2. The Labute approximate surface area is 166 Å². The zero-order valence-electron chi connectivity index (χ0n) is 14.7. The molecule has 1 fully saturated rings. The lowest BCUT2D eigenvalue weighted by Crippen LogP contribution is -2.46. The molecule has 1 saturated heterocycles. The van der Waals surface area contributed by atoms with Gasteiger partial charge in [-0.1, -0.05) is 23.2 Å². The molecule has 2 aromatic rings. The molecule has 7 nitrogen and oxygen atoms in total. The molecule has 0 atom stereocenters. The van der Waals surface area contributed by atoms with Crippen LogP contribution in [0.4, 0.5) is 4.79 Å². The summed E-state index contributed by atoms with van der Waals surface area (Å²) >= 11 is 11.9. The second-order valence-corrected chi connectivity index (χ2v) is 6.91. The van der Waals surface area contributed by atoms with Crippen LogP contribution in [0.1, 0.15) is 30.3 Å². The van der Waals surface area contributed by atoms with E-state index in [2.05, 4.69) is 10.3 Å². The van der Waals surface area contributed by atoms with Crippen LogP contribution < -0.4 is 5.32 Å². The summed E-state index contributed by atoms with van der Waals surface area (Å²) in [6.45, 7) is 3.20. The van der Waals surface area contributed by atoms with Gasteiger partial charge < -0.3 is 19.4 Å². The molecule has 1 aliphatic heterocycles. The Morgan fingerprint density at radius 3 is 2.70 bits per heavy atom. The van der Waals surface area contributed by atoms with Gasteiger partial charge in [-0.15, -0.1) is 0 Å². The number of piperidine rings is 1. The van der Waals surface area contributed by atoms with Crippen molar-refractivity contribution in [3.63, 3.8) is 0 Å². The molecular formula is C18H19Cl2N3O4. The average Bonchev–Trinajstić information content (AvgIpc) is 3.15.